The van der Waals surface area contributed by atoms with Gasteiger partial charge in [-0.2, -0.15) is 0 Å². The summed E-state index contributed by atoms with van der Waals surface area (Å²) >= 11 is 0. The van der Waals surface area contributed by atoms with Gasteiger partial charge in [-0.15, -0.1) is 0 Å². The van der Waals surface area contributed by atoms with Crippen LogP contribution >= 0.6 is 0 Å². The van der Waals surface area contributed by atoms with Crippen molar-refractivity contribution in [1.29, 1.82) is 0 Å². The van der Waals surface area contributed by atoms with Gasteiger partial charge >= 0.3 is 0 Å². The lowest BCUT2D eigenvalue weighted by Crippen LogP contribution is -2.27. The van der Waals surface area contributed by atoms with Crippen LogP contribution < -0.4 is 5.56 Å². The minimum Gasteiger partial charge on any atom is -0.395 e. The molecule has 3 aromatic rings. The number of nitrogens with zero attached hydrogens (tertiary/aromatic N) is 1. The summed E-state index contributed by atoms with van der Waals surface area (Å²) in [7, 11) is -1.70. The maximum Gasteiger partial charge on any atom is 0.258 e. The first-order valence-corrected chi connectivity index (χ1v) is 11.6. The Morgan fingerprint density at radius 2 is 1.92 bits per heavy atom. The van der Waals surface area contributed by atoms with Crippen LogP contribution in [-0.4, -0.2) is 25.1 Å². The SMILES string of the molecule is [2H]n1cnc2ccc(C(OCO[Si](C)(C)C)c3ccccc3)cc2c1=O. The van der Waals surface area contributed by atoms with Crippen LogP contribution in [-0.2, 0) is 9.16 Å². The molecule has 6 heteroatoms. The van der Waals surface area contributed by atoms with Gasteiger partial charge in [-0.3, -0.25) is 4.79 Å². The predicted molar refractivity (Wildman–Crippen MR) is 101 cm³/mol. The quantitative estimate of drug-likeness (QED) is 0.539. The van der Waals surface area contributed by atoms with Gasteiger partial charge in [-0.05, 0) is 42.9 Å². The number of nitrogens with one attached hydrogen (secondary N) is 1. The van der Waals surface area contributed by atoms with Gasteiger partial charge in [0.1, 0.15) is 12.9 Å². The Labute approximate surface area is 149 Å². The van der Waals surface area contributed by atoms with E-state index in [4.69, 9.17) is 10.6 Å². The first-order chi connectivity index (χ1) is 12.3. The second-order valence-electron chi connectivity index (χ2n) is 6.79. The molecular weight excluding hydrogens is 332 g/mol. The lowest BCUT2D eigenvalue weighted by Gasteiger charge is -2.23. The van der Waals surface area contributed by atoms with Crippen LogP contribution in [0.3, 0.4) is 0 Å². The summed E-state index contributed by atoms with van der Waals surface area (Å²) in [6, 6.07) is 15.2. The zero-order valence-electron chi connectivity index (χ0n) is 15.6. The van der Waals surface area contributed by atoms with Crippen molar-refractivity contribution in [2.45, 2.75) is 25.7 Å². The summed E-state index contributed by atoms with van der Waals surface area (Å²) < 4.78 is 19.5. The van der Waals surface area contributed by atoms with Crippen LogP contribution in [0.1, 0.15) is 17.2 Å². The number of aromatic nitrogens is 2. The van der Waals surface area contributed by atoms with Crippen LogP contribution in [0.5, 0.6) is 0 Å². The summed E-state index contributed by atoms with van der Waals surface area (Å²) in [6.07, 6.45) is 0.841. The average Bonchev–Trinajstić information content (AvgIpc) is 2.62. The molecule has 1 aromatic heterocycles. The Kier molecular flexibility index (Phi) is 4.73. The molecule has 5 nitrogen and oxygen atoms in total. The number of fused-ring (bicyclic) bond motifs is 1. The second-order valence-corrected chi connectivity index (χ2v) is 11.3. The summed E-state index contributed by atoms with van der Waals surface area (Å²) in [5.41, 5.74) is 1.96. The minimum absolute atomic E-state index is 0.184. The molecule has 130 valence electrons. The highest BCUT2D eigenvalue weighted by atomic mass is 28.4. The maximum absolute atomic E-state index is 12.3. The normalized spacial score (nSPS) is 13.6. The van der Waals surface area contributed by atoms with E-state index in [1.807, 2.05) is 36.4 Å². The third-order valence-corrected chi connectivity index (χ3v) is 4.74. The van der Waals surface area contributed by atoms with Crippen molar-refractivity contribution in [2.75, 3.05) is 6.79 Å². The van der Waals surface area contributed by atoms with Gasteiger partial charge in [0, 0.05) is 0 Å². The number of H-pyrrole nitrogens is 1. The van der Waals surface area contributed by atoms with Crippen molar-refractivity contribution in [1.82, 2.24) is 9.96 Å². The standard InChI is InChI=1S/C19H22N2O3Si/c1-25(2,3)24-13-23-18(14-7-5-4-6-8-14)15-9-10-17-16(11-15)19(22)21-12-20-17/h4-12,18H,13H2,1-3H3,(H,20,21,22)/i/hD. The van der Waals surface area contributed by atoms with Crippen molar-refractivity contribution in [2.24, 2.45) is 0 Å². The van der Waals surface area contributed by atoms with Gasteiger partial charge < -0.3 is 14.1 Å². The molecule has 0 saturated carbocycles. The molecule has 0 radical (unpaired) electrons. The summed E-state index contributed by atoms with van der Waals surface area (Å²) in [4.78, 5) is 17.1. The molecule has 1 N–H and O–H groups in total. The van der Waals surface area contributed by atoms with E-state index in [-0.39, 0.29) is 12.9 Å². The topological polar surface area (TPSA) is 64.2 Å². The van der Waals surface area contributed by atoms with Gasteiger partial charge in [0.25, 0.3) is 5.56 Å². The lowest BCUT2D eigenvalue weighted by molar-refractivity contribution is -0.0244. The number of hydrogen-bond acceptors (Lipinski definition) is 4. The molecule has 3 rings (SSSR count). The molecule has 25 heavy (non-hydrogen) atoms. The van der Waals surface area contributed by atoms with E-state index in [0.29, 0.717) is 10.9 Å². The Bertz CT molecular complexity index is 954. The number of ether oxygens (including phenoxy) is 1. The molecule has 1 atom stereocenters. The first-order valence-electron chi connectivity index (χ1n) is 8.61. The van der Waals surface area contributed by atoms with E-state index in [0.717, 1.165) is 16.1 Å². The van der Waals surface area contributed by atoms with E-state index in [1.54, 1.807) is 12.1 Å². The molecule has 0 saturated heterocycles. The molecule has 1 unspecified atom stereocenters. The Hall–Kier alpha value is -2.28. The third kappa shape index (κ3) is 4.42. The molecule has 0 spiro atoms. The van der Waals surface area contributed by atoms with Gasteiger partial charge in [-0.1, -0.05) is 36.4 Å². The van der Waals surface area contributed by atoms with Crippen LogP contribution in [0.15, 0.2) is 59.7 Å². The van der Waals surface area contributed by atoms with Crippen molar-refractivity contribution in [3.8, 4) is 0 Å². The molecule has 0 aliphatic carbocycles. The summed E-state index contributed by atoms with van der Waals surface area (Å²) in [6.45, 7) is 6.49. The smallest absolute Gasteiger partial charge is 0.258 e. The monoisotopic (exact) mass is 355 g/mol. The predicted octanol–water partition coefficient (Wildman–Crippen LogP) is 3.84. The fraction of sp³-hybridized carbons (Fsp3) is 0.263. The molecule has 1 heterocycles. The van der Waals surface area contributed by atoms with Crippen LogP contribution in [0, 0.1) is 0 Å². The summed E-state index contributed by atoms with van der Waals surface area (Å²) in [5.74, 6) is 0. The highest BCUT2D eigenvalue weighted by Gasteiger charge is 2.19. The first kappa shape index (κ1) is 16.2. The molecule has 0 fully saturated rings. The van der Waals surface area contributed by atoms with Gasteiger partial charge in [0.2, 0.25) is 0 Å². The van der Waals surface area contributed by atoms with Crippen LogP contribution in [0.2, 0.25) is 21.1 Å². The maximum atomic E-state index is 12.3. The lowest BCUT2D eigenvalue weighted by atomic mass is 10.00. The van der Waals surface area contributed by atoms with Crippen LogP contribution in [0.25, 0.3) is 10.9 Å². The van der Waals surface area contributed by atoms with E-state index >= 15 is 0 Å². The van der Waals surface area contributed by atoms with Crippen molar-refractivity contribution in [3.05, 3.63) is 76.3 Å². The Morgan fingerprint density at radius 3 is 2.64 bits per heavy atom. The van der Waals surface area contributed by atoms with E-state index < -0.39 is 13.9 Å². The average molecular weight is 355 g/mol. The van der Waals surface area contributed by atoms with E-state index in [9.17, 15) is 4.79 Å². The molecule has 0 aliphatic heterocycles. The third-order valence-electron chi connectivity index (χ3n) is 3.75. The van der Waals surface area contributed by atoms with E-state index in [1.165, 1.54) is 6.33 Å². The molecule has 2 aromatic carbocycles. The fourth-order valence-corrected chi connectivity index (χ4v) is 2.93. The van der Waals surface area contributed by atoms with E-state index in [2.05, 4.69) is 24.6 Å². The molecule has 0 amide bonds. The second kappa shape index (κ2) is 7.31. The Balaban J connectivity index is 1.99. The molecular formula is C19H22N2O3Si. The Morgan fingerprint density at radius 1 is 1.16 bits per heavy atom. The van der Waals surface area contributed by atoms with Gasteiger partial charge in [0.05, 0.1) is 17.2 Å². The zero-order valence-corrected chi connectivity index (χ0v) is 15.6. The fourth-order valence-electron chi connectivity index (χ4n) is 2.51. The van der Waals surface area contributed by atoms with Crippen molar-refractivity contribution >= 4 is 19.2 Å². The van der Waals surface area contributed by atoms with Gasteiger partial charge in [0.15, 0.2) is 9.73 Å². The minimum atomic E-state index is -1.70. The number of rotatable bonds is 6. The van der Waals surface area contributed by atoms with Crippen molar-refractivity contribution in [3.63, 3.8) is 0 Å². The van der Waals surface area contributed by atoms with Gasteiger partial charge in [-0.25, -0.2) is 4.98 Å². The zero-order chi connectivity index (χ0) is 18.7. The number of benzene rings is 2. The molecule has 0 aliphatic rings. The largest absolute Gasteiger partial charge is 0.395 e. The highest BCUT2D eigenvalue weighted by Crippen LogP contribution is 2.27. The summed E-state index contributed by atoms with van der Waals surface area (Å²) in [5, 5.41) is 0.399. The molecule has 0 bridgehead atoms. The number of aromatic amines is 1. The highest BCUT2D eigenvalue weighted by molar-refractivity contribution is 6.69. The van der Waals surface area contributed by atoms with Crippen LogP contribution in [0.4, 0.5) is 0 Å². The van der Waals surface area contributed by atoms with Crippen molar-refractivity contribution < 1.29 is 10.6 Å². The number of hydrogen-bond donors (Lipinski definition) is 1.